The molecule has 3 atom stereocenters. The first-order valence-electron chi connectivity index (χ1n) is 7.22. The number of carbonyl (C=O) groups excluding carboxylic acids is 1. The van der Waals surface area contributed by atoms with Crippen molar-refractivity contribution in [1.82, 2.24) is 10.6 Å². The van der Waals surface area contributed by atoms with E-state index in [1.54, 1.807) is 0 Å². The molecular formula is C16H24N2O. The van der Waals surface area contributed by atoms with Crippen LogP contribution >= 0.6 is 0 Å². The van der Waals surface area contributed by atoms with Crippen molar-refractivity contribution in [3.63, 3.8) is 0 Å². The van der Waals surface area contributed by atoms with Gasteiger partial charge in [0.25, 0.3) is 0 Å². The molecule has 0 spiro atoms. The SMILES string of the molecule is CC(CC(=O)NC1CCNCC1C)c1ccccc1. The molecule has 1 saturated heterocycles. The first-order chi connectivity index (χ1) is 9.16. The highest BCUT2D eigenvalue weighted by molar-refractivity contribution is 5.77. The van der Waals surface area contributed by atoms with E-state index in [1.807, 2.05) is 18.2 Å². The number of benzene rings is 1. The molecule has 19 heavy (non-hydrogen) atoms. The van der Waals surface area contributed by atoms with Gasteiger partial charge < -0.3 is 10.6 Å². The van der Waals surface area contributed by atoms with Gasteiger partial charge in [-0.15, -0.1) is 0 Å². The molecule has 2 N–H and O–H groups in total. The summed E-state index contributed by atoms with van der Waals surface area (Å²) < 4.78 is 0. The van der Waals surface area contributed by atoms with Crippen LogP contribution in [0.1, 0.15) is 38.2 Å². The fourth-order valence-corrected chi connectivity index (χ4v) is 2.67. The van der Waals surface area contributed by atoms with Crippen LogP contribution < -0.4 is 10.6 Å². The highest BCUT2D eigenvalue weighted by atomic mass is 16.1. The number of rotatable bonds is 4. The van der Waals surface area contributed by atoms with E-state index in [4.69, 9.17) is 0 Å². The maximum atomic E-state index is 12.1. The predicted molar refractivity (Wildman–Crippen MR) is 78.1 cm³/mol. The van der Waals surface area contributed by atoms with Crippen LogP contribution in [0.4, 0.5) is 0 Å². The van der Waals surface area contributed by atoms with E-state index in [2.05, 4.69) is 36.6 Å². The maximum Gasteiger partial charge on any atom is 0.220 e. The van der Waals surface area contributed by atoms with Gasteiger partial charge in [-0.05, 0) is 36.9 Å². The largest absolute Gasteiger partial charge is 0.353 e. The quantitative estimate of drug-likeness (QED) is 0.872. The molecule has 0 aliphatic carbocycles. The lowest BCUT2D eigenvalue weighted by atomic mass is 9.93. The molecule has 1 fully saturated rings. The summed E-state index contributed by atoms with van der Waals surface area (Å²) >= 11 is 0. The molecule has 0 saturated carbocycles. The monoisotopic (exact) mass is 260 g/mol. The van der Waals surface area contributed by atoms with Crippen LogP contribution in [0.2, 0.25) is 0 Å². The molecule has 0 radical (unpaired) electrons. The summed E-state index contributed by atoms with van der Waals surface area (Å²) in [5, 5.41) is 6.54. The number of nitrogens with one attached hydrogen (secondary N) is 2. The molecule has 1 aromatic rings. The van der Waals surface area contributed by atoms with Crippen molar-refractivity contribution in [1.29, 1.82) is 0 Å². The van der Waals surface area contributed by atoms with E-state index < -0.39 is 0 Å². The Morgan fingerprint density at radius 1 is 1.42 bits per heavy atom. The van der Waals surface area contributed by atoms with Crippen molar-refractivity contribution >= 4 is 5.91 Å². The zero-order valence-corrected chi connectivity index (χ0v) is 11.9. The third kappa shape index (κ3) is 4.06. The van der Waals surface area contributed by atoms with Crippen LogP contribution in [0.5, 0.6) is 0 Å². The lowest BCUT2D eigenvalue weighted by Crippen LogP contribution is -2.48. The molecule has 2 rings (SSSR count). The lowest BCUT2D eigenvalue weighted by molar-refractivity contribution is -0.122. The average Bonchev–Trinajstić information content (AvgIpc) is 2.42. The highest BCUT2D eigenvalue weighted by Gasteiger charge is 2.23. The van der Waals surface area contributed by atoms with Crippen molar-refractivity contribution in [3.8, 4) is 0 Å². The Morgan fingerprint density at radius 3 is 2.84 bits per heavy atom. The molecule has 104 valence electrons. The summed E-state index contributed by atoms with van der Waals surface area (Å²) in [6.45, 7) is 6.31. The summed E-state index contributed by atoms with van der Waals surface area (Å²) in [5.41, 5.74) is 1.23. The van der Waals surface area contributed by atoms with E-state index in [1.165, 1.54) is 5.56 Å². The van der Waals surface area contributed by atoms with Gasteiger partial charge in [-0.25, -0.2) is 0 Å². The Balaban J connectivity index is 1.84. The van der Waals surface area contributed by atoms with Crippen LogP contribution in [0.3, 0.4) is 0 Å². The molecule has 0 aromatic heterocycles. The fourth-order valence-electron chi connectivity index (χ4n) is 2.67. The molecule has 1 aliphatic rings. The maximum absolute atomic E-state index is 12.1. The Morgan fingerprint density at radius 2 is 2.16 bits per heavy atom. The van der Waals surface area contributed by atoms with Gasteiger partial charge in [0.15, 0.2) is 0 Å². The molecule has 0 bridgehead atoms. The van der Waals surface area contributed by atoms with Crippen molar-refractivity contribution in [2.75, 3.05) is 13.1 Å². The molecule has 3 unspecified atom stereocenters. The number of piperidine rings is 1. The first-order valence-corrected chi connectivity index (χ1v) is 7.22. The van der Waals surface area contributed by atoms with Crippen LogP contribution in [0.25, 0.3) is 0 Å². The van der Waals surface area contributed by atoms with Crippen molar-refractivity contribution in [2.45, 2.75) is 38.6 Å². The van der Waals surface area contributed by atoms with Gasteiger partial charge in [-0.1, -0.05) is 44.2 Å². The van der Waals surface area contributed by atoms with Crippen LogP contribution in [0, 0.1) is 5.92 Å². The summed E-state index contributed by atoms with van der Waals surface area (Å²) in [6, 6.07) is 10.6. The minimum Gasteiger partial charge on any atom is -0.353 e. The molecule has 1 amide bonds. The molecular weight excluding hydrogens is 236 g/mol. The van der Waals surface area contributed by atoms with Crippen molar-refractivity contribution in [3.05, 3.63) is 35.9 Å². The van der Waals surface area contributed by atoms with Crippen molar-refractivity contribution in [2.24, 2.45) is 5.92 Å². The Bertz CT molecular complexity index is 404. The van der Waals surface area contributed by atoms with Crippen LogP contribution in [-0.4, -0.2) is 25.0 Å². The second-order valence-corrected chi connectivity index (χ2v) is 5.66. The van der Waals surface area contributed by atoms with Crippen LogP contribution in [0.15, 0.2) is 30.3 Å². The molecule has 3 nitrogen and oxygen atoms in total. The Hall–Kier alpha value is -1.35. The van der Waals surface area contributed by atoms with Crippen molar-refractivity contribution < 1.29 is 4.79 Å². The fraction of sp³-hybridized carbons (Fsp3) is 0.562. The van der Waals surface area contributed by atoms with E-state index in [-0.39, 0.29) is 11.8 Å². The third-order valence-corrected chi connectivity index (χ3v) is 3.99. The zero-order chi connectivity index (χ0) is 13.7. The van der Waals surface area contributed by atoms with E-state index in [0.29, 0.717) is 18.4 Å². The first kappa shape index (κ1) is 14.1. The summed E-state index contributed by atoms with van der Waals surface area (Å²) in [4.78, 5) is 12.1. The van der Waals surface area contributed by atoms with Crippen LogP contribution in [-0.2, 0) is 4.79 Å². The summed E-state index contributed by atoms with van der Waals surface area (Å²) in [6.07, 6.45) is 1.60. The van der Waals surface area contributed by atoms with E-state index >= 15 is 0 Å². The van der Waals surface area contributed by atoms with Gasteiger partial charge in [0.1, 0.15) is 0 Å². The van der Waals surface area contributed by atoms with Gasteiger partial charge in [0.05, 0.1) is 0 Å². The average molecular weight is 260 g/mol. The number of carbonyl (C=O) groups is 1. The standard InChI is InChI=1S/C16H24N2O/c1-12(14-6-4-3-5-7-14)10-16(19)18-15-8-9-17-11-13(15)2/h3-7,12-13,15,17H,8-11H2,1-2H3,(H,18,19). The number of amides is 1. The lowest BCUT2D eigenvalue weighted by Gasteiger charge is -2.30. The normalized spacial score (nSPS) is 24.7. The topological polar surface area (TPSA) is 41.1 Å². The van der Waals surface area contributed by atoms with Gasteiger partial charge in [0, 0.05) is 12.5 Å². The minimum atomic E-state index is 0.176. The third-order valence-electron chi connectivity index (χ3n) is 3.99. The second kappa shape index (κ2) is 6.71. The molecule has 3 heteroatoms. The second-order valence-electron chi connectivity index (χ2n) is 5.66. The van der Waals surface area contributed by atoms with Gasteiger partial charge >= 0.3 is 0 Å². The molecule has 1 heterocycles. The number of hydrogen-bond donors (Lipinski definition) is 2. The predicted octanol–water partition coefficient (Wildman–Crippen LogP) is 2.29. The Labute approximate surface area is 115 Å². The summed E-state index contributed by atoms with van der Waals surface area (Å²) in [5.74, 6) is 0.970. The number of hydrogen-bond acceptors (Lipinski definition) is 2. The smallest absolute Gasteiger partial charge is 0.220 e. The van der Waals surface area contributed by atoms with E-state index in [0.717, 1.165) is 19.5 Å². The molecule has 1 aromatic carbocycles. The minimum absolute atomic E-state index is 0.176. The van der Waals surface area contributed by atoms with E-state index in [9.17, 15) is 4.79 Å². The summed E-state index contributed by atoms with van der Waals surface area (Å²) in [7, 11) is 0. The van der Waals surface area contributed by atoms with Gasteiger partial charge in [-0.2, -0.15) is 0 Å². The highest BCUT2D eigenvalue weighted by Crippen LogP contribution is 2.19. The zero-order valence-electron chi connectivity index (χ0n) is 11.9. The Kier molecular flexibility index (Phi) is 4.97. The van der Waals surface area contributed by atoms with Gasteiger partial charge in [-0.3, -0.25) is 4.79 Å². The van der Waals surface area contributed by atoms with Gasteiger partial charge in [0.2, 0.25) is 5.91 Å². The molecule has 1 aliphatic heterocycles.